The molecule has 0 aliphatic rings. The lowest BCUT2D eigenvalue weighted by molar-refractivity contribution is 0.0752. The molecule has 1 N–H and O–H groups in total. The predicted octanol–water partition coefficient (Wildman–Crippen LogP) is 2.51. The lowest BCUT2D eigenvalue weighted by Gasteiger charge is -2.21. The van der Waals surface area contributed by atoms with Gasteiger partial charge in [0.25, 0.3) is 5.91 Å². The highest BCUT2D eigenvalue weighted by atomic mass is 19.1. The summed E-state index contributed by atoms with van der Waals surface area (Å²) in [5, 5.41) is 0. The van der Waals surface area contributed by atoms with Gasteiger partial charge in [-0.25, -0.2) is 4.39 Å². The van der Waals surface area contributed by atoms with Crippen LogP contribution in [-0.2, 0) is 13.1 Å². The fraction of sp³-hybridized carbons (Fsp3) is 0.250. The third-order valence-electron chi connectivity index (χ3n) is 4.47. The van der Waals surface area contributed by atoms with Crippen LogP contribution in [0.3, 0.4) is 0 Å². The van der Waals surface area contributed by atoms with Gasteiger partial charge >= 0.3 is 11.1 Å². The van der Waals surface area contributed by atoms with Gasteiger partial charge in [0.15, 0.2) is 0 Å². The minimum atomic E-state index is -0.721. The van der Waals surface area contributed by atoms with Crippen molar-refractivity contribution in [3.63, 3.8) is 0 Å². The zero-order valence-corrected chi connectivity index (χ0v) is 15.2. The third kappa shape index (κ3) is 3.67. The molecule has 0 saturated heterocycles. The van der Waals surface area contributed by atoms with Crippen LogP contribution < -0.4 is 11.1 Å². The minimum Gasteiger partial charge on any atom is -0.335 e. The predicted molar refractivity (Wildman–Crippen MR) is 101 cm³/mol. The summed E-state index contributed by atoms with van der Waals surface area (Å²) in [7, 11) is 0. The lowest BCUT2D eigenvalue weighted by Crippen LogP contribution is -2.36. The molecule has 0 aliphatic heterocycles. The van der Waals surface area contributed by atoms with E-state index in [-0.39, 0.29) is 18.3 Å². The van der Waals surface area contributed by atoms with Gasteiger partial charge < -0.3 is 14.5 Å². The molecule has 0 atom stereocenters. The zero-order valence-electron chi connectivity index (χ0n) is 15.2. The first-order valence-corrected chi connectivity index (χ1v) is 8.75. The van der Waals surface area contributed by atoms with Crippen LogP contribution >= 0.6 is 0 Å². The van der Waals surface area contributed by atoms with E-state index in [4.69, 9.17) is 0 Å². The first kappa shape index (κ1) is 18.6. The summed E-state index contributed by atoms with van der Waals surface area (Å²) in [5.74, 6) is -0.587. The number of hydrogen-bond acceptors (Lipinski definition) is 3. The number of aromatic amines is 1. The molecule has 0 radical (unpaired) electrons. The van der Waals surface area contributed by atoms with Crippen LogP contribution in [0.25, 0.3) is 11.0 Å². The molecule has 3 rings (SSSR count). The normalized spacial score (nSPS) is 10.9. The molecule has 2 aromatic carbocycles. The van der Waals surface area contributed by atoms with Crippen molar-refractivity contribution >= 4 is 16.9 Å². The number of nitrogens with one attached hydrogen (secondary N) is 1. The summed E-state index contributed by atoms with van der Waals surface area (Å²) in [5.41, 5.74) is 0.726. The Morgan fingerprint density at radius 3 is 2.59 bits per heavy atom. The van der Waals surface area contributed by atoms with E-state index in [9.17, 15) is 18.8 Å². The number of hydrogen-bond donors (Lipinski definition) is 1. The maximum atomic E-state index is 13.4. The van der Waals surface area contributed by atoms with Crippen LogP contribution in [0.2, 0.25) is 0 Å². The second-order valence-electron chi connectivity index (χ2n) is 6.18. The number of fused-ring (bicyclic) bond motifs is 1. The molecule has 27 heavy (non-hydrogen) atoms. The Kier molecular flexibility index (Phi) is 5.21. The van der Waals surface area contributed by atoms with Crippen molar-refractivity contribution in [3.05, 3.63) is 80.1 Å². The zero-order chi connectivity index (χ0) is 19.6. The number of benzene rings is 2. The summed E-state index contributed by atoms with van der Waals surface area (Å²) in [6.07, 6.45) is 0. The topological polar surface area (TPSA) is 75.2 Å². The number of aryl methyl sites for hydroxylation is 1. The molecule has 0 spiro atoms. The average molecular weight is 369 g/mol. The fourth-order valence-electron chi connectivity index (χ4n) is 3.09. The molecule has 0 bridgehead atoms. The monoisotopic (exact) mass is 369 g/mol. The maximum absolute atomic E-state index is 13.4. The van der Waals surface area contributed by atoms with Gasteiger partial charge in [-0.1, -0.05) is 12.1 Å². The molecule has 0 saturated carbocycles. The van der Waals surface area contributed by atoms with E-state index in [0.29, 0.717) is 35.2 Å². The van der Waals surface area contributed by atoms with Crippen molar-refractivity contribution in [1.29, 1.82) is 0 Å². The number of aromatic nitrogens is 2. The van der Waals surface area contributed by atoms with Crippen LogP contribution in [0.4, 0.5) is 4.39 Å². The number of amides is 1. The average Bonchev–Trinajstić information content (AvgIpc) is 2.66. The van der Waals surface area contributed by atoms with Crippen molar-refractivity contribution in [3.8, 4) is 0 Å². The standard InChI is InChI=1S/C20H20FN3O3/c1-3-23(12-13-6-5-7-15(21)10-13)19(26)14-8-9-17-16(11-14)22-18(25)20(27)24(17)4-2/h5-11H,3-4,12H2,1-2H3,(H,22,25). The smallest absolute Gasteiger partial charge is 0.316 e. The van der Waals surface area contributed by atoms with E-state index >= 15 is 0 Å². The fourth-order valence-corrected chi connectivity index (χ4v) is 3.09. The first-order chi connectivity index (χ1) is 12.9. The highest BCUT2D eigenvalue weighted by molar-refractivity contribution is 5.97. The number of H-pyrrole nitrogens is 1. The second-order valence-corrected chi connectivity index (χ2v) is 6.18. The molecule has 1 heterocycles. The largest absolute Gasteiger partial charge is 0.335 e. The molecule has 0 unspecified atom stereocenters. The molecule has 6 nitrogen and oxygen atoms in total. The highest BCUT2D eigenvalue weighted by Gasteiger charge is 2.16. The quantitative estimate of drug-likeness (QED) is 0.702. The number of halogens is 1. The van der Waals surface area contributed by atoms with E-state index in [1.165, 1.54) is 16.7 Å². The molecule has 7 heteroatoms. The Morgan fingerprint density at radius 2 is 1.93 bits per heavy atom. The number of carbonyl (C=O) groups is 1. The Balaban J connectivity index is 1.97. The van der Waals surface area contributed by atoms with Crippen molar-refractivity contribution in [2.75, 3.05) is 6.54 Å². The van der Waals surface area contributed by atoms with E-state index in [2.05, 4.69) is 4.98 Å². The minimum absolute atomic E-state index is 0.237. The molecule has 140 valence electrons. The number of nitrogens with zero attached hydrogens (tertiary/aromatic N) is 2. The third-order valence-corrected chi connectivity index (χ3v) is 4.47. The van der Waals surface area contributed by atoms with Crippen LogP contribution in [0.15, 0.2) is 52.1 Å². The van der Waals surface area contributed by atoms with Gasteiger partial charge in [-0.2, -0.15) is 0 Å². The summed E-state index contributed by atoms with van der Waals surface area (Å²) in [6.45, 7) is 4.69. The van der Waals surface area contributed by atoms with Crippen molar-refractivity contribution in [1.82, 2.24) is 14.5 Å². The molecule has 0 aliphatic carbocycles. The summed E-state index contributed by atoms with van der Waals surface area (Å²) in [4.78, 5) is 40.8. The van der Waals surface area contributed by atoms with E-state index in [0.717, 1.165) is 0 Å². The number of rotatable bonds is 5. The van der Waals surface area contributed by atoms with Crippen molar-refractivity contribution < 1.29 is 9.18 Å². The van der Waals surface area contributed by atoms with Crippen molar-refractivity contribution in [2.24, 2.45) is 0 Å². The van der Waals surface area contributed by atoms with Gasteiger partial charge in [0, 0.05) is 25.2 Å². The van der Waals surface area contributed by atoms with Crippen LogP contribution in [0.1, 0.15) is 29.8 Å². The van der Waals surface area contributed by atoms with E-state index in [1.54, 1.807) is 42.2 Å². The number of carbonyl (C=O) groups excluding carboxylic acids is 1. The first-order valence-electron chi connectivity index (χ1n) is 8.75. The van der Waals surface area contributed by atoms with Crippen molar-refractivity contribution in [2.45, 2.75) is 26.9 Å². The Bertz CT molecular complexity index is 1120. The summed E-state index contributed by atoms with van der Waals surface area (Å²) >= 11 is 0. The lowest BCUT2D eigenvalue weighted by atomic mass is 10.1. The molecular weight excluding hydrogens is 349 g/mol. The Hall–Kier alpha value is -3.22. The van der Waals surface area contributed by atoms with Gasteiger partial charge in [0.05, 0.1) is 11.0 Å². The maximum Gasteiger partial charge on any atom is 0.316 e. The van der Waals surface area contributed by atoms with Gasteiger partial charge in [0.2, 0.25) is 0 Å². The van der Waals surface area contributed by atoms with Crippen LogP contribution in [0.5, 0.6) is 0 Å². The molecule has 0 fully saturated rings. The highest BCUT2D eigenvalue weighted by Crippen LogP contribution is 2.15. The second kappa shape index (κ2) is 7.57. The van der Waals surface area contributed by atoms with E-state index in [1.807, 2.05) is 6.92 Å². The molecular formula is C20H20FN3O3. The molecule has 3 aromatic rings. The SMILES string of the molecule is CCN(Cc1cccc(F)c1)C(=O)c1ccc2c(c1)[nH]c(=O)c(=O)n2CC. The molecule has 1 amide bonds. The Labute approximate surface area is 154 Å². The van der Waals surface area contributed by atoms with Gasteiger partial charge in [-0.05, 0) is 49.7 Å². The van der Waals surface area contributed by atoms with Gasteiger partial charge in [0.1, 0.15) is 5.82 Å². The van der Waals surface area contributed by atoms with Gasteiger partial charge in [-0.15, -0.1) is 0 Å². The summed E-state index contributed by atoms with van der Waals surface area (Å²) in [6, 6.07) is 11.0. The van der Waals surface area contributed by atoms with Gasteiger partial charge in [-0.3, -0.25) is 14.4 Å². The van der Waals surface area contributed by atoms with Crippen LogP contribution in [0, 0.1) is 5.82 Å². The van der Waals surface area contributed by atoms with Crippen LogP contribution in [-0.4, -0.2) is 26.9 Å². The summed E-state index contributed by atoms with van der Waals surface area (Å²) < 4.78 is 14.8. The Morgan fingerprint density at radius 1 is 1.15 bits per heavy atom. The van der Waals surface area contributed by atoms with E-state index < -0.39 is 11.1 Å². The molecule has 1 aromatic heterocycles.